The van der Waals surface area contributed by atoms with Gasteiger partial charge in [0.25, 0.3) is 13.4 Å². The van der Waals surface area contributed by atoms with Crippen LogP contribution in [0.4, 0.5) is 17.5 Å². The zero-order valence-corrected chi connectivity index (χ0v) is 58.4. The SMILES string of the molecule is CC[C@H]1O[C@@H](n2cnc3c(N)ncnc32)C(OCCOC)[C@H]1OP(=O)([O-])OC[C@H]1O[C@@H](n2cc(C)c(N)nc2=O)C(OCCOC)[C@H]1OP([O-])(=S)OC[C@H]1O[C@@H](n2cc(C)c(=O)[nH]c2=O)C(OCCOC)[C@H]1OP(=O)([S-])OC[C@H]1O[C@@H](n2cc(C)c(N)nc2=O)C(OCCOC)[C@H]1O. The first-order valence-corrected chi connectivity index (χ1v) is 36.8. The lowest BCUT2D eigenvalue weighted by Crippen LogP contribution is -2.42. The summed E-state index contributed by atoms with van der Waals surface area (Å²) in [5.41, 5.74) is 15.5. The molecule has 4 fully saturated rings. The number of nitrogens with two attached hydrogens (primary N) is 3. The molecule has 45 heteroatoms. The van der Waals surface area contributed by atoms with Crippen molar-refractivity contribution in [2.24, 2.45) is 0 Å². The molecule has 0 amide bonds. The van der Waals surface area contributed by atoms with Crippen molar-refractivity contribution >= 4 is 74.0 Å². The Morgan fingerprint density at radius 1 is 0.571 bits per heavy atom. The molecule has 8 N–H and O–H groups in total. The van der Waals surface area contributed by atoms with Crippen LogP contribution < -0.4 is 49.6 Å². The number of aromatic amines is 1. The van der Waals surface area contributed by atoms with Gasteiger partial charge in [-0.05, 0) is 27.2 Å². The third-order valence-electron chi connectivity index (χ3n) is 15.9. The van der Waals surface area contributed by atoms with E-state index in [-0.39, 0.29) is 99.0 Å². The number of fused-ring (bicyclic) bond motifs is 1. The Hall–Kier alpha value is -4.99. The molecule has 0 bridgehead atoms. The third kappa shape index (κ3) is 18.2. The Morgan fingerprint density at radius 2 is 1.02 bits per heavy atom. The Kier molecular flexibility index (Phi) is 26.7. The number of H-pyrrole nitrogens is 1. The van der Waals surface area contributed by atoms with Crippen molar-refractivity contribution < 1.29 is 108 Å². The molecule has 5 aromatic rings. The highest BCUT2D eigenvalue weighted by molar-refractivity contribution is 8.32. The van der Waals surface area contributed by atoms with Gasteiger partial charge in [-0.3, -0.25) is 37.2 Å². The van der Waals surface area contributed by atoms with Crippen molar-refractivity contribution in [1.29, 1.82) is 0 Å². The van der Waals surface area contributed by atoms with Gasteiger partial charge in [0.2, 0.25) is 0 Å². The molecule has 9 heterocycles. The van der Waals surface area contributed by atoms with Crippen molar-refractivity contribution in [2.45, 2.75) is 132 Å². The summed E-state index contributed by atoms with van der Waals surface area (Å²) in [5.74, 6) is -0.144. The van der Waals surface area contributed by atoms with E-state index in [9.17, 15) is 38.3 Å². The normalized spacial score (nSPS) is 29.1. The first kappa shape index (κ1) is 77.2. The zero-order valence-electron chi connectivity index (χ0n) is 54.1. The van der Waals surface area contributed by atoms with Crippen LogP contribution in [0.5, 0.6) is 0 Å². The zero-order chi connectivity index (χ0) is 71.0. The van der Waals surface area contributed by atoms with Crippen molar-refractivity contribution in [1.82, 2.24) is 48.2 Å². The minimum atomic E-state index is -5.59. The second kappa shape index (κ2) is 33.9. The summed E-state index contributed by atoms with van der Waals surface area (Å²) < 4.78 is 139. The van der Waals surface area contributed by atoms with Gasteiger partial charge in [-0.1, -0.05) is 18.7 Å². The number of methoxy groups -OCH3 is 4. The predicted molar refractivity (Wildman–Crippen MR) is 339 cm³/mol. The Balaban J connectivity index is 1.00. The Morgan fingerprint density at radius 3 is 1.56 bits per heavy atom. The molecule has 0 aliphatic carbocycles. The summed E-state index contributed by atoms with van der Waals surface area (Å²) in [6.07, 6.45) is -17.3. The number of hydrogen-bond donors (Lipinski definition) is 5. The fourth-order valence-electron chi connectivity index (χ4n) is 11.0. The molecule has 0 aromatic carbocycles. The summed E-state index contributed by atoms with van der Waals surface area (Å²) in [5, 5.41) is 11.6. The highest BCUT2D eigenvalue weighted by atomic mass is 32.7. The molecule has 98 heavy (non-hydrogen) atoms. The molecule has 19 atom stereocenters. The van der Waals surface area contributed by atoms with Crippen molar-refractivity contribution in [3.8, 4) is 0 Å². The van der Waals surface area contributed by atoms with Crippen LogP contribution in [0.3, 0.4) is 0 Å². The van der Waals surface area contributed by atoms with Gasteiger partial charge in [0.1, 0.15) is 97.3 Å². The maximum absolute atomic E-state index is 15.0. The highest BCUT2D eigenvalue weighted by Gasteiger charge is 2.54. The monoisotopic (exact) mass is 1480 g/mol. The van der Waals surface area contributed by atoms with Crippen molar-refractivity contribution in [3.05, 3.63) is 89.7 Å². The average molecular weight is 1490 g/mol. The van der Waals surface area contributed by atoms with Crippen LogP contribution in [0.25, 0.3) is 11.2 Å². The number of imidazole rings is 1. The number of aliphatic hydroxyl groups excluding tert-OH is 1. The van der Waals surface area contributed by atoms with E-state index in [1.807, 2.05) is 0 Å². The second-order valence-corrected chi connectivity index (χ2v) is 29.2. The number of hydrogen-bond acceptors (Lipinski definition) is 37. The smallest absolute Gasteiger partial charge is 0.351 e. The lowest BCUT2D eigenvalue weighted by molar-refractivity contribution is -0.237. The van der Waals surface area contributed by atoms with Crippen LogP contribution in [0, 0.1) is 20.8 Å². The number of phosphoric acid groups is 1. The number of aromatic nitrogens is 10. The summed E-state index contributed by atoms with van der Waals surface area (Å²) in [7, 11) is -0.0197. The molecule has 4 aliphatic rings. The minimum Gasteiger partial charge on any atom is -0.780 e. The van der Waals surface area contributed by atoms with Gasteiger partial charge in [-0.2, -0.15) is 9.97 Å². The molecular weight excluding hydrogens is 1410 g/mol. The van der Waals surface area contributed by atoms with Crippen molar-refractivity contribution in [2.75, 3.05) is 118 Å². The number of aliphatic hydroxyl groups is 1. The molecule has 4 saturated heterocycles. The molecule has 0 saturated carbocycles. The van der Waals surface area contributed by atoms with E-state index in [4.69, 9.17) is 125 Å². The molecule has 5 aromatic heterocycles. The second-order valence-electron chi connectivity index (χ2n) is 22.5. The first-order valence-electron chi connectivity index (χ1n) is 30.2. The van der Waals surface area contributed by atoms with E-state index in [1.54, 1.807) is 13.8 Å². The maximum atomic E-state index is 15.0. The van der Waals surface area contributed by atoms with E-state index in [2.05, 4.69) is 29.9 Å². The number of nitrogen functional groups attached to an aromatic ring is 3. The molecule has 9 rings (SSSR count). The van der Waals surface area contributed by atoms with Gasteiger partial charge in [-0.15, -0.1) is 0 Å². The number of nitrogens with zero attached hydrogens (tertiary/aromatic N) is 9. The van der Waals surface area contributed by atoms with Crippen molar-refractivity contribution in [3.63, 3.8) is 0 Å². The van der Waals surface area contributed by atoms with E-state index >= 15 is 4.89 Å². The van der Waals surface area contributed by atoms with Gasteiger partial charge in [-0.25, -0.2) is 29.3 Å². The summed E-state index contributed by atoms with van der Waals surface area (Å²) >= 11 is 11.0. The molecule has 4 aliphatic heterocycles. The summed E-state index contributed by atoms with van der Waals surface area (Å²) in [4.78, 5) is 105. The largest absolute Gasteiger partial charge is 0.780 e. The Bertz CT molecular complexity index is 3930. The molecule has 0 spiro atoms. The Labute approximate surface area is 568 Å². The number of nitrogens with one attached hydrogen (secondary N) is 1. The lowest BCUT2D eigenvalue weighted by Gasteiger charge is -2.36. The fourth-order valence-corrected chi connectivity index (χ4v) is 14.8. The minimum absolute atomic E-state index is 0.0148. The predicted octanol–water partition coefficient (Wildman–Crippen LogP) is -2.04. The number of anilines is 3. The van der Waals surface area contributed by atoms with E-state index < -0.39 is 162 Å². The number of rotatable bonds is 36. The third-order valence-corrected chi connectivity index (χ3v) is 19.9. The summed E-state index contributed by atoms with van der Waals surface area (Å²) in [6.45, 7) is -7.39. The summed E-state index contributed by atoms with van der Waals surface area (Å²) in [6, 6.07) is 0. The number of phosphoric ester groups is 1. The van der Waals surface area contributed by atoms with Crippen LogP contribution >= 0.6 is 21.3 Å². The van der Waals surface area contributed by atoms with E-state index in [1.165, 1.54) is 71.9 Å². The molecule has 40 nitrogen and oxygen atoms in total. The average Bonchev–Trinajstić information content (AvgIpc) is 1.63. The quantitative estimate of drug-likeness (QED) is 0.0164. The maximum Gasteiger partial charge on any atom is 0.351 e. The number of aryl methyl sites for hydroxylation is 3. The fraction of sp³-hybridized carbons (Fsp3) is 0.679. The standard InChI is InChI=1S/C53H80N13O27P3S2/c1-9-29-35(39(81-15-11-77-6)50(87-29)66-25-59-33-44(56)57-24-58-45(33)66)91-94(72,73)84-22-31-36(40(82-16-12-78-7)48(89-31)64-19-27(3)43(55)61-52(64)70)92-96(75,98)86-23-32-37(41(83-17-13-79-8)49(90-32)65-20-28(4)46(68)62-53(65)71)93-95(74,97)85-21-30-34(67)38(80-14-10-76-5)47(88-30)63-18-26(2)42(54)60-51(63)69/h18-20,24-25,29-32,34-41,47-50,67H,9-17,21-23H2,1-8H3,(H,72,73)(H,74,97)(H,75,98)(H2,54,60,69)(H2,55,61,70)(H2,56,57,58)(H,62,68,71)/p-3/t29-,30-,31-,32-,34+,35+,36+,37+,38?,39?,40?,41?,47-,48-,49-,50-,95?,96?/m1/s1. The van der Waals surface area contributed by atoms with Crippen LogP contribution in [0.2, 0.25) is 0 Å². The molecule has 0 radical (unpaired) electrons. The molecular formula is C53H77N13O27P3S2-3. The highest BCUT2D eigenvalue weighted by Crippen LogP contribution is 2.54. The van der Waals surface area contributed by atoms with Gasteiger partial charge in [0, 0.05) is 63.7 Å². The van der Waals surface area contributed by atoms with Gasteiger partial charge < -0.3 is 128 Å². The van der Waals surface area contributed by atoms with Gasteiger partial charge in [0.15, 0.2) is 43.2 Å². The number of ether oxygens (including phenoxy) is 12. The molecule has 546 valence electrons. The van der Waals surface area contributed by atoms with E-state index in [0.717, 1.165) is 19.9 Å². The van der Waals surface area contributed by atoms with Gasteiger partial charge in [0.05, 0.1) is 85.1 Å². The molecule has 7 unspecified atom stereocenters. The van der Waals surface area contributed by atoms with Crippen LogP contribution in [-0.2, 0) is 117 Å². The lowest BCUT2D eigenvalue weighted by atomic mass is 10.1. The van der Waals surface area contributed by atoms with Crippen LogP contribution in [0.1, 0.15) is 54.9 Å². The van der Waals surface area contributed by atoms with Crippen LogP contribution in [0.15, 0.2) is 50.4 Å². The first-order chi connectivity index (χ1) is 46.6. The topological polar surface area (TPSA) is 513 Å². The van der Waals surface area contributed by atoms with Crippen LogP contribution in [-0.4, -0.2) is 228 Å². The van der Waals surface area contributed by atoms with Gasteiger partial charge >= 0.3 is 17.1 Å². The van der Waals surface area contributed by atoms with E-state index in [0.29, 0.717) is 5.56 Å².